The molecule has 0 saturated heterocycles. The van der Waals surface area contributed by atoms with Crippen LogP contribution in [0.15, 0.2) is 12.3 Å². The number of nitrogens with zero attached hydrogens (tertiary/aromatic N) is 1. The molecule has 5 heteroatoms. The number of carbonyl (C=O) groups excluding carboxylic acids is 1. The van der Waals surface area contributed by atoms with Crippen molar-refractivity contribution in [3.05, 3.63) is 23.0 Å². The number of nitrogens with one attached hydrogen (secondary N) is 1. The summed E-state index contributed by atoms with van der Waals surface area (Å²) < 4.78 is 1.70. The molecule has 4 nitrogen and oxygen atoms in total. The third-order valence-electron chi connectivity index (χ3n) is 2.68. The molecule has 0 aliphatic heterocycles. The molecule has 0 spiro atoms. The number of rotatable bonds is 6. The first-order valence-corrected chi connectivity index (χ1v) is 6.13. The lowest BCUT2D eigenvalue weighted by Crippen LogP contribution is -2.26. The summed E-state index contributed by atoms with van der Waals surface area (Å²) >= 11 is 5.80. The van der Waals surface area contributed by atoms with E-state index in [9.17, 15) is 4.79 Å². The molecular weight excluding hydrogens is 240 g/mol. The minimum absolute atomic E-state index is 0.115. The Labute approximate surface area is 107 Å². The largest absolute Gasteiger partial charge is 0.396 e. The highest BCUT2D eigenvalue weighted by Gasteiger charge is 2.10. The van der Waals surface area contributed by atoms with E-state index in [2.05, 4.69) is 5.32 Å². The third-order valence-corrected chi connectivity index (χ3v) is 2.88. The number of aliphatic hydroxyl groups is 1. The standard InChI is InChI=1S/C12H19ClN2O2/c1-9(8-16)4-3-5-14-12(17)11-6-10(13)7-15(11)2/h6-7,9,16H,3-5,8H2,1-2H3,(H,14,17). The van der Waals surface area contributed by atoms with Crippen molar-refractivity contribution in [2.45, 2.75) is 19.8 Å². The van der Waals surface area contributed by atoms with E-state index in [1.165, 1.54) is 0 Å². The van der Waals surface area contributed by atoms with Gasteiger partial charge in [-0.05, 0) is 24.8 Å². The van der Waals surface area contributed by atoms with Crippen LogP contribution in [0.1, 0.15) is 30.3 Å². The predicted octanol–water partition coefficient (Wildman–Crippen LogP) is 1.82. The summed E-state index contributed by atoms with van der Waals surface area (Å²) in [6.45, 7) is 2.80. The first-order valence-electron chi connectivity index (χ1n) is 5.75. The van der Waals surface area contributed by atoms with Crippen LogP contribution in [0.25, 0.3) is 0 Å². The Bertz CT molecular complexity index is 377. The van der Waals surface area contributed by atoms with Gasteiger partial charge in [0.15, 0.2) is 0 Å². The highest BCUT2D eigenvalue weighted by atomic mass is 35.5. The van der Waals surface area contributed by atoms with Crippen molar-refractivity contribution < 1.29 is 9.90 Å². The molecule has 0 aliphatic carbocycles. The van der Waals surface area contributed by atoms with Gasteiger partial charge in [-0.25, -0.2) is 0 Å². The van der Waals surface area contributed by atoms with Crippen LogP contribution in [-0.2, 0) is 7.05 Å². The molecule has 0 saturated carbocycles. The van der Waals surface area contributed by atoms with Crippen LogP contribution in [0.4, 0.5) is 0 Å². The van der Waals surface area contributed by atoms with E-state index >= 15 is 0 Å². The molecular formula is C12H19ClN2O2. The second kappa shape index (κ2) is 6.67. The van der Waals surface area contributed by atoms with Crippen LogP contribution in [0.3, 0.4) is 0 Å². The lowest BCUT2D eigenvalue weighted by atomic mass is 10.1. The number of hydrogen-bond acceptors (Lipinski definition) is 2. The summed E-state index contributed by atoms with van der Waals surface area (Å²) in [7, 11) is 1.79. The Kier molecular flexibility index (Phi) is 5.51. The van der Waals surface area contributed by atoms with Crippen molar-refractivity contribution in [3.8, 4) is 0 Å². The zero-order valence-electron chi connectivity index (χ0n) is 10.2. The Balaban J connectivity index is 2.33. The fourth-order valence-electron chi connectivity index (χ4n) is 1.58. The normalized spacial score (nSPS) is 12.5. The molecule has 1 rings (SSSR count). The molecule has 0 fully saturated rings. The van der Waals surface area contributed by atoms with E-state index in [1.807, 2.05) is 6.92 Å². The van der Waals surface area contributed by atoms with Crippen molar-refractivity contribution >= 4 is 17.5 Å². The number of aliphatic hydroxyl groups excluding tert-OH is 1. The molecule has 2 N–H and O–H groups in total. The van der Waals surface area contributed by atoms with Gasteiger partial charge in [0.2, 0.25) is 0 Å². The van der Waals surface area contributed by atoms with Gasteiger partial charge in [0.25, 0.3) is 5.91 Å². The fourth-order valence-corrected chi connectivity index (χ4v) is 1.83. The summed E-state index contributed by atoms with van der Waals surface area (Å²) in [6.07, 6.45) is 3.47. The molecule has 1 unspecified atom stereocenters. The zero-order chi connectivity index (χ0) is 12.8. The maximum Gasteiger partial charge on any atom is 0.267 e. The quantitative estimate of drug-likeness (QED) is 0.765. The van der Waals surface area contributed by atoms with Gasteiger partial charge >= 0.3 is 0 Å². The molecule has 1 atom stereocenters. The van der Waals surface area contributed by atoms with Crippen molar-refractivity contribution in [3.63, 3.8) is 0 Å². The van der Waals surface area contributed by atoms with Gasteiger partial charge in [-0.2, -0.15) is 0 Å². The molecule has 0 bridgehead atoms. The number of amides is 1. The molecule has 1 aromatic rings. The molecule has 0 aromatic carbocycles. The summed E-state index contributed by atoms with van der Waals surface area (Å²) in [5.74, 6) is 0.174. The van der Waals surface area contributed by atoms with E-state index in [1.54, 1.807) is 23.9 Å². The van der Waals surface area contributed by atoms with Gasteiger partial charge in [-0.15, -0.1) is 0 Å². The van der Waals surface area contributed by atoms with Crippen LogP contribution in [0.2, 0.25) is 5.02 Å². The molecule has 1 heterocycles. The maximum absolute atomic E-state index is 11.8. The predicted molar refractivity (Wildman–Crippen MR) is 68.2 cm³/mol. The molecule has 1 aromatic heterocycles. The van der Waals surface area contributed by atoms with E-state index < -0.39 is 0 Å². The van der Waals surface area contributed by atoms with Crippen molar-refractivity contribution in [1.82, 2.24) is 9.88 Å². The van der Waals surface area contributed by atoms with Crippen molar-refractivity contribution in [2.75, 3.05) is 13.2 Å². The smallest absolute Gasteiger partial charge is 0.267 e. The molecule has 96 valence electrons. The van der Waals surface area contributed by atoms with Gasteiger partial charge in [-0.3, -0.25) is 4.79 Å². The fraction of sp³-hybridized carbons (Fsp3) is 0.583. The average molecular weight is 259 g/mol. The number of carbonyl (C=O) groups is 1. The Morgan fingerprint density at radius 1 is 1.65 bits per heavy atom. The first kappa shape index (κ1) is 14.1. The molecule has 1 amide bonds. The van der Waals surface area contributed by atoms with Crippen LogP contribution < -0.4 is 5.32 Å². The zero-order valence-corrected chi connectivity index (χ0v) is 11.0. The minimum Gasteiger partial charge on any atom is -0.396 e. The Hall–Kier alpha value is -1.00. The molecule has 0 aliphatic rings. The second-order valence-corrected chi connectivity index (χ2v) is 4.78. The number of hydrogen-bond donors (Lipinski definition) is 2. The van der Waals surface area contributed by atoms with Gasteiger partial charge < -0.3 is 15.0 Å². The highest BCUT2D eigenvalue weighted by Crippen LogP contribution is 2.12. The molecule has 0 radical (unpaired) electrons. The van der Waals surface area contributed by atoms with Crippen molar-refractivity contribution in [1.29, 1.82) is 0 Å². The summed E-state index contributed by atoms with van der Waals surface area (Å²) in [4.78, 5) is 11.8. The lowest BCUT2D eigenvalue weighted by Gasteiger charge is -2.08. The SMILES string of the molecule is CC(CO)CCCNC(=O)c1cc(Cl)cn1C. The monoisotopic (exact) mass is 258 g/mol. The van der Waals surface area contributed by atoms with Gasteiger partial charge in [0.1, 0.15) is 5.69 Å². The van der Waals surface area contributed by atoms with Crippen LogP contribution in [-0.4, -0.2) is 28.7 Å². The number of aryl methyl sites for hydroxylation is 1. The van der Waals surface area contributed by atoms with Gasteiger partial charge in [-0.1, -0.05) is 18.5 Å². The first-order chi connectivity index (χ1) is 8.04. The van der Waals surface area contributed by atoms with E-state index in [-0.39, 0.29) is 18.4 Å². The third kappa shape index (κ3) is 4.40. The molecule has 17 heavy (non-hydrogen) atoms. The average Bonchev–Trinajstić information content (AvgIpc) is 2.63. The highest BCUT2D eigenvalue weighted by molar-refractivity contribution is 6.31. The number of aromatic nitrogens is 1. The van der Waals surface area contributed by atoms with Crippen LogP contribution in [0.5, 0.6) is 0 Å². The maximum atomic E-state index is 11.8. The lowest BCUT2D eigenvalue weighted by molar-refractivity contribution is 0.0944. The Morgan fingerprint density at radius 3 is 2.88 bits per heavy atom. The van der Waals surface area contributed by atoms with Crippen molar-refractivity contribution in [2.24, 2.45) is 13.0 Å². The van der Waals surface area contributed by atoms with Gasteiger partial charge in [0.05, 0.1) is 5.02 Å². The van der Waals surface area contributed by atoms with Gasteiger partial charge in [0, 0.05) is 26.4 Å². The second-order valence-electron chi connectivity index (χ2n) is 4.34. The summed E-state index contributed by atoms with van der Waals surface area (Å²) in [6, 6.07) is 1.65. The number of halogens is 1. The topological polar surface area (TPSA) is 54.3 Å². The van der Waals surface area contributed by atoms with E-state index in [4.69, 9.17) is 16.7 Å². The van der Waals surface area contributed by atoms with Crippen LogP contribution >= 0.6 is 11.6 Å². The Morgan fingerprint density at radius 2 is 2.35 bits per heavy atom. The summed E-state index contributed by atoms with van der Waals surface area (Å²) in [5.41, 5.74) is 0.560. The van der Waals surface area contributed by atoms with E-state index in [0.717, 1.165) is 12.8 Å². The summed E-state index contributed by atoms with van der Waals surface area (Å²) in [5, 5.41) is 12.2. The van der Waals surface area contributed by atoms with E-state index in [0.29, 0.717) is 17.3 Å². The van der Waals surface area contributed by atoms with Crippen LogP contribution in [0, 0.1) is 5.92 Å². The minimum atomic E-state index is -0.115.